The molecule has 0 aliphatic rings. The molecule has 1 aromatic carbocycles. The van der Waals surface area contributed by atoms with E-state index in [2.05, 4.69) is 15.5 Å². The molecule has 1 amide bonds. The van der Waals surface area contributed by atoms with E-state index in [1.807, 2.05) is 44.4 Å². The molecule has 0 aliphatic heterocycles. The van der Waals surface area contributed by atoms with Gasteiger partial charge in [-0.05, 0) is 26.0 Å². The molecule has 0 saturated carbocycles. The van der Waals surface area contributed by atoms with Crippen LogP contribution in [-0.2, 0) is 18.8 Å². The molecule has 0 radical (unpaired) electrons. The molecule has 158 valence electrons. The van der Waals surface area contributed by atoms with Crippen molar-refractivity contribution >= 4 is 28.6 Å². The van der Waals surface area contributed by atoms with Crippen molar-refractivity contribution in [3.8, 4) is 11.3 Å². The highest BCUT2D eigenvalue weighted by molar-refractivity contribution is 6.14. The predicted molar refractivity (Wildman–Crippen MR) is 116 cm³/mol. The molecule has 31 heavy (non-hydrogen) atoms. The van der Waals surface area contributed by atoms with Crippen molar-refractivity contribution in [3.63, 3.8) is 0 Å². The third-order valence-corrected chi connectivity index (χ3v) is 4.92. The number of esters is 1. The number of aryl methyl sites for hydroxylation is 3. The van der Waals surface area contributed by atoms with Gasteiger partial charge in [0.2, 0.25) is 0 Å². The van der Waals surface area contributed by atoms with Gasteiger partial charge in [0.25, 0.3) is 5.91 Å². The molecule has 4 aromatic rings. The highest BCUT2D eigenvalue weighted by Gasteiger charge is 2.22. The van der Waals surface area contributed by atoms with Crippen molar-refractivity contribution in [2.24, 2.45) is 14.1 Å². The number of hydrogen-bond acceptors (Lipinski definition) is 6. The average molecular weight is 418 g/mol. The minimum Gasteiger partial charge on any atom is -0.462 e. The van der Waals surface area contributed by atoms with Gasteiger partial charge in [-0.1, -0.05) is 18.2 Å². The number of rotatable bonds is 5. The fourth-order valence-corrected chi connectivity index (χ4v) is 3.47. The molecule has 0 aliphatic carbocycles. The molecule has 0 spiro atoms. The van der Waals surface area contributed by atoms with Crippen LogP contribution in [0.4, 0.5) is 5.82 Å². The van der Waals surface area contributed by atoms with Gasteiger partial charge >= 0.3 is 5.97 Å². The van der Waals surface area contributed by atoms with E-state index in [-0.39, 0.29) is 23.9 Å². The number of ether oxygens (including phenoxy) is 1. The third-order valence-electron chi connectivity index (χ3n) is 4.92. The average Bonchev–Trinajstić information content (AvgIpc) is 3.28. The SMILES string of the molecule is CCOC(=O)c1cnn(C)c1NC(=O)c1cc(-c2cn(C)nc2C)nc2ccccc12. The monoisotopic (exact) mass is 418 g/mol. The van der Waals surface area contributed by atoms with Crippen molar-refractivity contribution in [3.05, 3.63) is 59.5 Å². The van der Waals surface area contributed by atoms with E-state index >= 15 is 0 Å². The highest BCUT2D eigenvalue weighted by Crippen LogP contribution is 2.27. The van der Waals surface area contributed by atoms with Crippen molar-refractivity contribution in [2.45, 2.75) is 13.8 Å². The number of nitrogens with zero attached hydrogens (tertiary/aromatic N) is 5. The fourth-order valence-electron chi connectivity index (χ4n) is 3.47. The van der Waals surface area contributed by atoms with Crippen LogP contribution in [0, 0.1) is 6.92 Å². The second-order valence-corrected chi connectivity index (χ2v) is 7.08. The Kier molecular flexibility index (Phi) is 5.24. The standard InChI is InChI=1S/C22H22N6O3/c1-5-31-22(30)16-11-23-28(4)20(16)25-21(29)15-10-19(17-12-27(3)26-13(17)2)24-18-9-7-6-8-14(15)18/h6-12H,5H2,1-4H3,(H,25,29). The number of fused-ring (bicyclic) bond motifs is 1. The molecule has 0 fully saturated rings. The molecule has 3 aromatic heterocycles. The first-order valence-corrected chi connectivity index (χ1v) is 9.80. The molecule has 0 atom stereocenters. The van der Waals surface area contributed by atoms with E-state index in [0.717, 1.165) is 11.3 Å². The number of carbonyl (C=O) groups excluding carboxylic acids is 2. The first-order chi connectivity index (χ1) is 14.9. The Morgan fingerprint density at radius 2 is 1.94 bits per heavy atom. The molecule has 1 N–H and O–H groups in total. The number of aromatic nitrogens is 5. The summed E-state index contributed by atoms with van der Waals surface area (Å²) in [5.41, 5.74) is 3.61. The summed E-state index contributed by atoms with van der Waals surface area (Å²) in [5.74, 6) is -0.656. The van der Waals surface area contributed by atoms with Crippen LogP contribution in [0.15, 0.2) is 42.7 Å². The maximum absolute atomic E-state index is 13.3. The van der Waals surface area contributed by atoms with Crippen molar-refractivity contribution in [1.82, 2.24) is 24.5 Å². The summed E-state index contributed by atoms with van der Waals surface area (Å²) in [6, 6.07) is 9.16. The summed E-state index contributed by atoms with van der Waals surface area (Å²) in [7, 11) is 3.48. The molecule has 3 heterocycles. The quantitative estimate of drug-likeness (QED) is 0.500. The maximum atomic E-state index is 13.3. The first-order valence-electron chi connectivity index (χ1n) is 9.80. The molecule has 0 bridgehead atoms. The van der Waals surface area contributed by atoms with Crippen LogP contribution in [0.25, 0.3) is 22.2 Å². The molecule has 9 heteroatoms. The Labute approximate surface area is 178 Å². The summed E-state index contributed by atoms with van der Waals surface area (Å²) in [6.45, 7) is 3.84. The molecular formula is C22H22N6O3. The highest BCUT2D eigenvalue weighted by atomic mass is 16.5. The van der Waals surface area contributed by atoms with Crippen LogP contribution in [0.2, 0.25) is 0 Å². The molecule has 9 nitrogen and oxygen atoms in total. The van der Waals surface area contributed by atoms with Gasteiger partial charge in [0.05, 0.1) is 35.3 Å². The van der Waals surface area contributed by atoms with E-state index in [4.69, 9.17) is 9.72 Å². The van der Waals surface area contributed by atoms with Crippen LogP contribution < -0.4 is 5.32 Å². The van der Waals surface area contributed by atoms with Gasteiger partial charge in [-0.2, -0.15) is 10.2 Å². The largest absolute Gasteiger partial charge is 0.462 e. The third kappa shape index (κ3) is 3.77. The summed E-state index contributed by atoms with van der Waals surface area (Å²) in [5, 5.41) is 12.0. The number of pyridine rings is 1. The second kappa shape index (κ2) is 8.02. The predicted octanol–water partition coefficient (Wildman–Crippen LogP) is 3.11. The number of nitrogens with one attached hydrogen (secondary N) is 1. The van der Waals surface area contributed by atoms with Crippen LogP contribution in [-0.4, -0.2) is 43.0 Å². The van der Waals surface area contributed by atoms with Gasteiger partial charge in [-0.25, -0.2) is 9.78 Å². The number of hydrogen-bond donors (Lipinski definition) is 1. The Bertz CT molecular complexity index is 1300. The summed E-state index contributed by atoms with van der Waals surface area (Å²) in [6.07, 6.45) is 3.25. The summed E-state index contributed by atoms with van der Waals surface area (Å²) in [4.78, 5) is 30.3. The number of para-hydroxylation sites is 1. The minimum absolute atomic E-state index is 0.194. The molecule has 0 saturated heterocycles. The zero-order valence-corrected chi connectivity index (χ0v) is 17.7. The zero-order valence-electron chi connectivity index (χ0n) is 17.7. The molecular weight excluding hydrogens is 396 g/mol. The smallest absolute Gasteiger partial charge is 0.343 e. The number of anilines is 1. The Hall–Kier alpha value is -4.01. The Balaban J connectivity index is 1.79. The topological polar surface area (TPSA) is 104 Å². The summed E-state index contributed by atoms with van der Waals surface area (Å²) >= 11 is 0. The molecule has 0 unspecified atom stereocenters. The lowest BCUT2D eigenvalue weighted by molar-refractivity contribution is 0.0527. The van der Waals surface area contributed by atoms with E-state index in [9.17, 15) is 9.59 Å². The van der Waals surface area contributed by atoms with Gasteiger partial charge in [0.15, 0.2) is 0 Å². The second-order valence-electron chi connectivity index (χ2n) is 7.08. The first kappa shape index (κ1) is 20.3. The maximum Gasteiger partial charge on any atom is 0.343 e. The normalized spacial score (nSPS) is 11.0. The van der Waals surface area contributed by atoms with Crippen molar-refractivity contribution in [2.75, 3.05) is 11.9 Å². The zero-order chi connectivity index (χ0) is 22.1. The van der Waals surface area contributed by atoms with Crippen molar-refractivity contribution < 1.29 is 14.3 Å². The van der Waals surface area contributed by atoms with Gasteiger partial charge in [0, 0.05) is 31.2 Å². The van der Waals surface area contributed by atoms with E-state index in [1.54, 1.807) is 24.7 Å². The van der Waals surface area contributed by atoms with E-state index in [1.165, 1.54) is 10.9 Å². The lowest BCUT2D eigenvalue weighted by atomic mass is 10.0. The van der Waals surface area contributed by atoms with Gasteiger partial charge in [-0.15, -0.1) is 0 Å². The van der Waals surface area contributed by atoms with Gasteiger partial charge in [-0.3, -0.25) is 14.2 Å². The van der Waals surface area contributed by atoms with Crippen LogP contribution >= 0.6 is 0 Å². The Morgan fingerprint density at radius 3 is 2.65 bits per heavy atom. The van der Waals surface area contributed by atoms with E-state index < -0.39 is 5.97 Å². The lowest BCUT2D eigenvalue weighted by Gasteiger charge is -2.11. The Morgan fingerprint density at radius 1 is 1.16 bits per heavy atom. The number of amides is 1. The van der Waals surface area contributed by atoms with Crippen LogP contribution in [0.3, 0.4) is 0 Å². The van der Waals surface area contributed by atoms with E-state index in [0.29, 0.717) is 22.2 Å². The number of carbonyl (C=O) groups is 2. The van der Waals surface area contributed by atoms with Crippen LogP contribution in [0.5, 0.6) is 0 Å². The van der Waals surface area contributed by atoms with Crippen LogP contribution in [0.1, 0.15) is 33.3 Å². The van der Waals surface area contributed by atoms with Crippen molar-refractivity contribution in [1.29, 1.82) is 0 Å². The van der Waals surface area contributed by atoms with Gasteiger partial charge < -0.3 is 10.1 Å². The minimum atomic E-state index is -0.544. The van der Waals surface area contributed by atoms with Gasteiger partial charge in [0.1, 0.15) is 11.4 Å². The number of benzene rings is 1. The molecule has 4 rings (SSSR count). The fraction of sp³-hybridized carbons (Fsp3) is 0.227. The summed E-state index contributed by atoms with van der Waals surface area (Å²) < 4.78 is 8.21. The lowest BCUT2D eigenvalue weighted by Crippen LogP contribution is -2.18.